The maximum atomic E-state index is 12.6. The lowest BCUT2D eigenvalue weighted by Gasteiger charge is -2.29. The molecule has 1 fully saturated rings. The minimum absolute atomic E-state index is 0.313. The first kappa shape index (κ1) is 12.3. The molecule has 2 atom stereocenters. The highest BCUT2D eigenvalue weighted by atomic mass is 19.4. The lowest BCUT2D eigenvalue weighted by molar-refractivity contribution is -0.137. The first-order valence-corrected chi connectivity index (χ1v) is 5.85. The molecular weight excluding hydrogens is 227 g/mol. The van der Waals surface area contributed by atoms with Gasteiger partial charge in [-0.1, -0.05) is 6.07 Å². The number of hydrogen-bond acceptors (Lipinski definition) is 1. The number of alkyl halides is 3. The third-order valence-electron chi connectivity index (χ3n) is 3.42. The van der Waals surface area contributed by atoms with Crippen molar-refractivity contribution >= 4 is 5.69 Å². The number of rotatable bonds is 1. The summed E-state index contributed by atoms with van der Waals surface area (Å²) in [5.74, 6) is 0. The fourth-order valence-corrected chi connectivity index (χ4v) is 2.55. The Balaban J connectivity index is 2.33. The Hall–Kier alpha value is -1.19. The third-order valence-corrected chi connectivity index (χ3v) is 3.42. The van der Waals surface area contributed by atoms with Gasteiger partial charge in [-0.05, 0) is 44.9 Å². The van der Waals surface area contributed by atoms with Crippen molar-refractivity contribution in [3.8, 4) is 0 Å². The van der Waals surface area contributed by atoms with Crippen molar-refractivity contribution in [2.45, 2.75) is 44.9 Å². The largest absolute Gasteiger partial charge is 0.416 e. The van der Waals surface area contributed by atoms with Crippen molar-refractivity contribution in [3.63, 3.8) is 0 Å². The SMILES string of the molecule is C[C@@H]1CC[C@@H](C)N1c1cccc(C(F)(F)F)c1. The van der Waals surface area contributed by atoms with E-state index in [1.165, 1.54) is 12.1 Å². The lowest BCUT2D eigenvalue weighted by Crippen LogP contribution is -2.32. The maximum Gasteiger partial charge on any atom is 0.416 e. The Labute approximate surface area is 99.2 Å². The number of anilines is 1. The van der Waals surface area contributed by atoms with Crippen LogP contribution in [0.5, 0.6) is 0 Å². The minimum atomic E-state index is -4.26. The van der Waals surface area contributed by atoms with Gasteiger partial charge in [0.05, 0.1) is 5.56 Å². The Morgan fingerprint density at radius 3 is 2.24 bits per heavy atom. The molecule has 1 aromatic rings. The Morgan fingerprint density at radius 1 is 1.12 bits per heavy atom. The highest BCUT2D eigenvalue weighted by Crippen LogP contribution is 2.35. The third kappa shape index (κ3) is 2.40. The first-order chi connectivity index (χ1) is 7.89. The molecule has 0 unspecified atom stereocenters. The standard InChI is InChI=1S/C13H16F3N/c1-9-6-7-10(2)17(9)12-5-3-4-11(8-12)13(14,15)16/h3-5,8-10H,6-7H2,1-2H3/t9-,10-/m1/s1. The Morgan fingerprint density at radius 2 is 1.71 bits per heavy atom. The van der Waals surface area contributed by atoms with Crippen molar-refractivity contribution < 1.29 is 13.2 Å². The fourth-order valence-electron chi connectivity index (χ4n) is 2.55. The fraction of sp³-hybridized carbons (Fsp3) is 0.538. The van der Waals surface area contributed by atoms with Crippen LogP contribution in [0.25, 0.3) is 0 Å². The quantitative estimate of drug-likeness (QED) is 0.718. The van der Waals surface area contributed by atoms with Crippen LogP contribution >= 0.6 is 0 Å². The second-order valence-electron chi connectivity index (χ2n) is 4.73. The molecule has 4 heteroatoms. The van der Waals surface area contributed by atoms with Crippen LogP contribution in [0.4, 0.5) is 18.9 Å². The van der Waals surface area contributed by atoms with Gasteiger partial charge in [-0.3, -0.25) is 0 Å². The summed E-state index contributed by atoms with van der Waals surface area (Å²) in [4.78, 5) is 2.08. The highest BCUT2D eigenvalue weighted by Gasteiger charge is 2.33. The molecule has 1 aromatic carbocycles. The average molecular weight is 243 g/mol. The zero-order valence-electron chi connectivity index (χ0n) is 9.96. The predicted octanol–water partition coefficient (Wildman–Crippen LogP) is 4.08. The smallest absolute Gasteiger partial charge is 0.366 e. The van der Waals surface area contributed by atoms with E-state index in [0.717, 1.165) is 18.9 Å². The molecule has 1 heterocycles. The van der Waals surface area contributed by atoms with Crippen molar-refractivity contribution in [2.24, 2.45) is 0 Å². The van der Waals surface area contributed by atoms with Crippen molar-refractivity contribution in [1.29, 1.82) is 0 Å². The molecule has 1 aliphatic rings. The first-order valence-electron chi connectivity index (χ1n) is 5.85. The molecule has 0 N–H and O–H groups in total. The molecular formula is C13H16F3N. The van der Waals surface area contributed by atoms with Gasteiger partial charge in [-0.15, -0.1) is 0 Å². The molecule has 17 heavy (non-hydrogen) atoms. The molecule has 2 rings (SSSR count). The Kier molecular flexibility index (Phi) is 3.06. The van der Waals surface area contributed by atoms with Gasteiger partial charge in [-0.2, -0.15) is 13.2 Å². The molecule has 1 aliphatic heterocycles. The number of benzene rings is 1. The molecule has 0 spiro atoms. The topological polar surface area (TPSA) is 3.24 Å². The normalized spacial score (nSPS) is 25.4. The van der Waals surface area contributed by atoms with E-state index in [1.54, 1.807) is 6.07 Å². The monoisotopic (exact) mass is 243 g/mol. The summed E-state index contributed by atoms with van der Waals surface area (Å²) in [7, 11) is 0. The van der Waals surface area contributed by atoms with Crippen LogP contribution in [0.3, 0.4) is 0 Å². The van der Waals surface area contributed by atoms with Crippen LogP contribution in [0.1, 0.15) is 32.3 Å². The number of hydrogen-bond donors (Lipinski definition) is 0. The van der Waals surface area contributed by atoms with Gasteiger partial charge in [0.2, 0.25) is 0 Å². The summed E-state index contributed by atoms with van der Waals surface area (Å²) >= 11 is 0. The van der Waals surface area contributed by atoms with Crippen molar-refractivity contribution in [2.75, 3.05) is 4.90 Å². The van der Waals surface area contributed by atoms with E-state index in [-0.39, 0.29) is 0 Å². The maximum absolute atomic E-state index is 12.6. The molecule has 0 radical (unpaired) electrons. The highest BCUT2D eigenvalue weighted by molar-refractivity contribution is 5.51. The van der Waals surface area contributed by atoms with Gasteiger partial charge < -0.3 is 4.90 Å². The molecule has 0 aliphatic carbocycles. The van der Waals surface area contributed by atoms with Gasteiger partial charge in [0.1, 0.15) is 0 Å². The lowest BCUT2D eigenvalue weighted by atomic mass is 10.1. The molecule has 0 amide bonds. The van der Waals surface area contributed by atoms with Crippen LogP contribution in [0.15, 0.2) is 24.3 Å². The number of nitrogens with zero attached hydrogens (tertiary/aromatic N) is 1. The summed E-state index contributed by atoms with van der Waals surface area (Å²) in [6.45, 7) is 4.12. The van der Waals surface area contributed by atoms with Crippen LogP contribution in [0, 0.1) is 0 Å². The van der Waals surface area contributed by atoms with Crippen LogP contribution in [-0.2, 0) is 6.18 Å². The minimum Gasteiger partial charge on any atom is -0.366 e. The molecule has 0 saturated carbocycles. The molecule has 1 saturated heterocycles. The van der Waals surface area contributed by atoms with E-state index in [0.29, 0.717) is 17.8 Å². The zero-order valence-corrected chi connectivity index (χ0v) is 9.96. The van der Waals surface area contributed by atoms with E-state index in [2.05, 4.69) is 18.7 Å². The van der Waals surface area contributed by atoms with Crippen LogP contribution in [0.2, 0.25) is 0 Å². The van der Waals surface area contributed by atoms with Gasteiger partial charge in [0.25, 0.3) is 0 Å². The van der Waals surface area contributed by atoms with Crippen LogP contribution < -0.4 is 4.90 Å². The number of halogens is 3. The molecule has 0 bridgehead atoms. The van der Waals surface area contributed by atoms with Gasteiger partial charge in [0, 0.05) is 17.8 Å². The Bertz CT molecular complexity index is 390. The molecule has 0 aromatic heterocycles. The zero-order chi connectivity index (χ0) is 12.6. The second kappa shape index (κ2) is 4.24. The summed E-state index contributed by atoms with van der Waals surface area (Å²) in [5.41, 5.74) is 0.110. The predicted molar refractivity (Wildman–Crippen MR) is 62.1 cm³/mol. The molecule has 94 valence electrons. The van der Waals surface area contributed by atoms with Gasteiger partial charge in [-0.25, -0.2) is 0 Å². The van der Waals surface area contributed by atoms with Crippen molar-refractivity contribution in [1.82, 2.24) is 0 Å². The summed E-state index contributed by atoms with van der Waals surface area (Å²) in [6, 6.07) is 6.23. The summed E-state index contributed by atoms with van der Waals surface area (Å²) < 4.78 is 37.9. The summed E-state index contributed by atoms with van der Waals surface area (Å²) in [6.07, 6.45) is -2.18. The van der Waals surface area contributed by atoms with E-state index in [9.17, 15) is 13.2 Å². The van der Waals surface area contributed by atoms with Crippen LogP contribution in [-0.4, -0.2) is 12.1 Å². The van der Waals surface area contributed by atoms with E-state index in [4.69, 9.17) is 0 Å². The van der Waals surface area contributed by atoms with E-state index >= 15 is 0 Å². The van der Waals surface area contributed by atoms with Crippen molar-refractivity contribution in [3.05, 3.63) is 29.8 Å². The van der Waals surface area contributed by atoms with Gasteiger partial charge >= 0.3 is 6.18 Å². The second-order valence-corrected chi connectivity index (χ2v) is 4.73. The van der Waals surface area contributed by atoms with E-state index in [1.807, 2.05) is 0 Å². The molecule has 1 nitrogen and oxygen atoms in total. The summed E-state index contributed by atoms with van der Waals surface area (Å²) in [5, 5.41) is 0. The van der Waals surface area contributed by atoms with E-state index < -0.39 is 11.7 Å². The van der Waals surface area contributed by atoms with Gasteiger partial charge in [0.15, 0.2) is 0 Å². The average Bonchev–Trinajstić information content (AvgIpc) is 2.57.